The zero-order chi connectivity index (χ0) is 13.2. The van der Waals surface area contributed by atoms with Crippen LogP contribution in [0.2, 0.25) is 0 Å². The van der Waals surface area contributed by atoms with Gasteiger partial charge in [-0.3, -0.25) is 4.79 Å². The topological polar surface area (TPSA) is 17.1 Å². The summed E-state index contributed by atoms with van der Waals surface area (Å²) in [5.41, 5.74) is 0.668. The van der Waals surface area contributed by atoms with Crippen LogP contribution in [0.1, 0.15) is 44.5 Å². The summed E-state index contributed by atoms with van der Waals surface area (Å²) in [6.07, 6.45) is 0.488. The fourth-order valence-corrected chi connectivity index (χ4v) is 1.75. The molecule has 0 spiro atoms. The van der Waals surface area contributed by atoms with E-state index < -0.39 is 0 Å². The van der Waals surface area contributed by atoms with E-state index in [1.165, 1.54) is 12.1 Å². The van der Waals surface area contributed by atoms with Gasteiger partial charge in [0, 0.05) is 12.0 Å². The molecule has 0 N–H and O–H groups in total. The van der Waals surface area contributed by atoms with E-state index in [4.69, 9.17) is 0 Å². The summed E-state index contributed by atoms with van der Waals surface area (Å²) in [5.74, 6) is 0.0115. The minimum atomic E-state index is -0.342. The van der Waals surface area contributed by atoms with Gasteiger partial charge >= 0.3 is 0 Å². The molecule has 1 rings (SSSR count). The minimum absolute atomic E-state index is 0.0631. The predicted molar refractivity (Wildman–Crippen MR) is 71.7 cm³/mol. The highest BCUT2D eigenvalue weighted by Crippen LogP contribution is 2.29. The van der Waals surface area contributed by atoms with Crippen molar-refractivity contribution in [3.63, 3.8) is 0 Å². The molecule has 0 radical (unpaired) electrons. The molecule has 1 aromatic carbocycles. The maximum Gasteiger partial charge on any atom is 0.163 e. The molecule has 17 heavy (non-hydrogen) atoms. The van der Waals surface area contributed by atoms with E-state index in [9.17, 15) is 9.18 Å². The van der Waals surface area contributed by atoms with Crippen molar-refractivity contribution in [2.24, 2.45) is 11.3 Å². The smallest absolute Gasteiger partial charge is 0.163 e. The zero-order valence-corrected chi connectivity index (χ0v) is 12.3. The Morgan fingerprint density at radius 2 is 2.00 bits per heavy atom. The summed E-state index contributed by atoms with van der Waals surface area (Å²) < 4.78 is 13.4. The van der Waals surface area contributed by atoms with Crippen LogP contribution in [0, 0.1) is 17.2 Å². The van der Waals surface area contributed by atoms with Crippen molar-refractivity contribution >= 4 is 21.7 Å². The third-order valence-electron chi connectivity index (χ3n) is 3.21. The standard InChI is InChI=1S/C14H18BrFO/c1-9(14(2,3)4)7-13(17)10-5-6-12(16)11(15)8-10/h5-6,8-9H,7H2,1-4H3. The Morgan fingerprint density at radius 1 is 1.41 bits per heavy atom. The van der Waals surface area contributed by atoms with Gasteiger partial charge in [-0.15, -0.1) is 0 Å². The lowest BCUT2D eigenvalue weighted by Gasteiger charge is -2.26. The van der Waals surface area contributed by atoms with Crippen LogP contribution in [-0.2, 0) is 0 Å². The van der Waals surface area contributed by atoms with Gasteiger partial charge in [0.05, 0.1) is 4.47 Å². The largest absolute Gasteiger partial charge is 0.294 e. The maximum atomic E-state index is 13.1. The molecule has 1 atom stereocenters. The van der Waals surface area contributed by atoms with E-state index in [2.05, 4.69) is 43.6 Å². The van der Waals surface area contributed by atoms with Crippen LogP contribution in [0.3, 0.4) is 0 Å². The number of rotatable bonds is 3. The van der Waals surface area contributed by atoms with Crippen molar-refractivity contribution in [1.82, 2.24) is 0 Å². The van der Waals surface area contributed by atoms with Crippen LogP contribution in [0.5, 0.6) is 0 Å². The van der Waals surface area contributed by atoms with Gasteiger partial charge < -0.3 is 0 Å². The van der Waals surface area contributed by atoms with Gasteiger partial charge in [0.25, 0.3) is 0 Å². The first-order chi connectivity index (χ1) is 7.71. The van der Waals surface area contributed by atoms with E-state index in [1.54, 1.807) is 6.07 Å². The average molecular weight is 301 g/mol. The predicted octanol–water partition coefficient (Wildman–Crippen LogP) is 4.84. The van der Waals surface area contributed by atoms with Gasteiger partial charge in [-0.25, -0.2) is 4.39 Å². The third-order valence-corrected chi connectivity index (χ3v) is 3.82. The lowest BCUT2D eigenvalue weighted by molar-refractivity contribution is 0.0927. The first kappa shape index (κ1) is 14.4. The van der Waals surface area contributed by atoms with Crippen LogP contribution in [0.25, 0.3) is 0 Å². The number of Topliss-reactive ketones (excluding diaryl/α,β-unsaturated/α-hetero) is 1. The van der Waals surface area contributed by atoms with Crippen molar-refractivity contribution < 1.29 is 9.18 Å². The second kappa shape index (κ2) is 5.30. The van der Waals surface area contributed by atoms with E-state index in [-0.39, 0.29) is 17.0 Å². The van der Waals surface area contributed by atoms with Gasteiger partial charge in [0.2, 0.25) is 0 Å². The van der Waals surface area contributed by atoms with Crippen LogP contribution in [0.4, 0.5) is 4.39 Å². The lowest BCUT2D eigenvalue weighted by atomic mass is 9.78. The number of carbonyl (C=O) groups excluding carboxylic acids is 1. The molecule has 0 aromatic heterocycles. The Bertz CT molecular complexity index is 421. The summed E-state index contributed by atoms with van der Waals surface area (Å²) in [4.78, 5) is 12.0. The molecular formula is C14H18BrFO. The Kier molecular flexibility index (Phi) is 4.48. The highest BCUT2D eigenvalue weighted by molar-refractivity contribution is 9.10. The number of benzene rings is 1. The van der Waals surface area contributed by atoms with Crippen LogP contribution >= 0.6 is 15.9 Å². The Hall–Kier alpha value is -0.700. The van der Waals surface area contributed by atoms with E-state index in [0.29, 0.717) is 22.4 Å². The molecule has 1 nitrogen and oxygen atoms in total. The molecule has 0 heterocycles. The summed E-state index contributed by atoms with van der Waals surface area (Å²) in [5, 5.41) is 0. The van der Waals surface area contributed by atoms with Crippen molar-refractivity contribution in [3.05, 3.63) is 34.1 Å². The molecule has 94 valence electrons. The fraction of sp³-hybridized carbons (Fsp3) is 0.500. The number of hydrogen-bond acceptors (Lipinski definition) is 1. The number of carbonyl (C=O) groups is 1. The number of hydrogen-bond donors (Lipinski definition) is 0. The van der Waals surface area contributed by atoms with Crippen molar-refractivity contribution in [2.45, 2.75) is 34.1 Å². The quantitative estimate of drug-likeness (QED) is 0.730. The van der Waals surface area contributed by atoms with Crippen molar-refractivity contribution in [3.8, 4) is 0 Å². The van der Waals surface area contributed by atoms with Crippen LogP contribution in [0.15, 0.2) is 22.7 Å². The summed E-state index contributed by atoms with van der Waals surface area (Å²) in [7, 11) is 0. The van der Waals surface area contributed by atoms with Gasteiger partial charge in [-0.1, -0.05) is 27.7 Å². The maximum absolute atomic E-state index is 13.1. The number of halogens is 2. The average Bonchev–Trinajstić information content (AvgIpc) is 2.20. The Balaban J connectivity index is 2.80. The summed E-state index contributed by atoms with van der Waals surface area (Å²) in [6.45, 7) is 8.42. The summed E-state index contributed by atoms with van der Waals surface area (Å²) in [6, 6.07) is 4.41. The van der Waals surface area contributed by atoms with Crippen molar-refractivity contribution in [2.75, 3.05) is 0 Å². The van der Waals surface area contributed by atoms with E-state index >= 15 is 0 Å². The molecule has 3 heteroatoms. The van der Waals surface area contributed by atoms with E-state index in [1.807, 2.05) is 0 Å². The highest BCUT2D eigenvalue weighted by Gasteiger charge is 2.23. The lowest BCUT2D eigenvalue weighted by Crippen LogP contribution is -2.20. The molecule has 0 bridgehead atoms. The molecule has 0 aliphatic rings. The summed E-state index contributed by atoms with van der Waals surface area (Å²) >= 11 is 3.09. The molecule has 1 aromatic rings. The molecule has 0 amide bonds. The highest BCUT2D eigenvalue weighted by atomic mass is 79.9. The fourth-order valence-electron chi connectivity index (χ4n) is 1.37. The Morgan fingerprint density at radius 3 is 2.47 bits per heavy atom. The van der Waals surface area contributed by atoms with Gasteiger partial charge in [0.1, 0.15) is 5.82 Å². The molecule has 0 fully saturated rings. The second-order valence-corrected chi connectivity index (χ2v) is 6.38. The molecule has 0 saturated carbocycles. The third kappa shape index (κ3) is 3.91. The number of ketones is 1. The minimum Gasteiger partial charge on any atom is -0.294 e. The molecule has 1 unspecified atom stereocenters. The SMILES string of the molecule is CC(CC(=O)c1ccc(F)c(Br)c1)C(C)(C)C. The van der Waals surface area contributed by atoms with Crippen LogP contribution in [-0.4, -0.2) is 5.78 Å². The second-order valence-electron chi connectivity index (χ2n) is 5.52. The monoisotopic (exact) mass is 300 g/mol. The Labute approximate surface area is 111 Å². The van der Waals surface area contributed by atoms with Gasteiger partial charge in [0.15, 0.2) is 5.78 Å². The molecule has 0 saturated heterocycles. The normalized spacial score (nSPS) is 13.5. The molecular weight excluding hydrogens is 283 g/mol. The molecule has 0 aliphatic carbocycles. The van der Waals surface area contributed by atoms with Gasteiger partial charge in [-0.05, 0) is 45.5 Å². The van der Waals surface area contributed by atoms with Crippen LogP contribution < -0.4 is 0 Å². The molecule has 0 aliphatic heterocycles. The first-order valence-corrected chi connectivity index (χ1v) is 6.49. The van der Waals surface area contributed by atoms with Gasteiger partial charge in [-0.2, -0.15) is 0 Å². The van der Waals surface area contributed by atoms with E-state index in [0.717, 1.165) is 0 Å². The van der Waals surface area contributed by atoms with Crippen molar-refractivity contribution in [1.29, 1.82) is 0 Å². The zero-order valence-electron chi connectivity index (χ0n) is 10.7. The first-order valence-electron chi connectivity index (χ1n) is 5.70.